The number of hydrogen-bond donors (Lipinski definition) is 2. The van der Waals surface area contributed by atoms with E-state index in [1.165, 1.54) is 5.56 Å². The van der Waals surface area contributed by atoms with Crippen molar-refractivity contribution >= 4 is 22.7 Å². The molecule has 1 saturated heterocycles. The molecular formula is C22H26N4O. The molecule has 140 valence electrons. The SMILES string of the molecule is OCC1CCCCN1c1nc(NCCc2ccccc2)c2ccccc2n1. The van der Waals surface area contributed by atoms with Crippen molar-refractivity contribution in [1.29, 1.82) is 0 Å². The highest BCUT2D eigenvalue weighted by Gasteiger charge is 2.24. The molecule has 2 N–H and O–H groups in total. The second-order valence-corrected chi connectivity index (χ2v) is 7.08. The number of fused-ring (bicyclic) bond motifs is 1. The summed E-state index contributed by atoms with van der Waals surface area (Å²) in [6, 6.07) is 18.7. The molecule has 1 aliphatic rings. The Morgan fingerprint density at radius 1 is 1.00 bits per heavy atom. The van der Waals surface area contributed by atoms with Crippen LogP contribution >= 0.6 is 0 Å². The zero-order valence-electron chi connectivity index (χ0n) is 15.5. The van der Waals surface area contributed by atoms with E-state index in [1.54, 1.807) is 0 Å². The van der Waals surface area contributed by atoms with Crippen LogP contribution < -0.4 is 10.2 Å². The summed E-state index contributed by atoms with van der Waals surface area (Å²) in [5, 5.41) is 14.3. The molecule has 0 aliphatic carbocycles. The highest BCUT2D eigenvalue weighted by Crippen LogP contribution is 2.27. The Kier molecular flexibility index (Phi) is 5.49. The smallest absolute Gasteiger partial charge is 0.228 e. The third-order valence-corrected chi connectivity index (χ3v) is 5.24. The lowest BCUT2D eigenvalue weighted by molar-refractivity contribution is 0.239. The van der Waals surface area contributed by atoms with Gasteiger partial charge in [-0.1, -0.05) is 42.5 Å². The number of aliphatic hydroxyl groups is 1. The topological polar surface area (TPSA) is 61.3 Å². The van der Waals surface area contributed by atoms with E-state index < -0.39 is 0 Å². The predicted octanol–water partition coefficient (Wildman–Crippen LogP) is 3.64. The number of nitrogens with one attached hydrogen (secondary N) is 1. The van der Waals surface area contributed by atoms with Crippen LogP contribution in [0.15, 0.2) is 54.6 Å². The van der Waals surface area contributed by atoms with Crippen LogP contribution in [0.2, 0.25) is 0 Å². The van der Waals surface area contributed by atoms with E-state index in [1.807, 2.05) is 24.3 Å². The summed E-state index contributed by atoms with van der Waals surface area (Å²) in [5.41, 5.74) is 2.24. The van der Waals surface area contributed by atoms with Gasteiger partial charge in [-0.2, -0.15) is 4.98 Å². The Morgan fingerprint density at radius 3 is 2.67 bits per heavy atom. The Balaban J connectivity index is 1.60. The van der Waals surface area contributed by atoms with Gasteiger partial charge in [-0.05, 0) is 43.4 Å². The van der Waals surface area contributed by atoms with Crippen LogP contribution in [0, 0.1) is 0 Å². The standard InChI is InChI=1S/C22H26N4O/c27-16-18-10-6-7-15-26(18)22-24-20-12-5-4-11-19(20)21(25-22)23-14-13-17-8-2-1-3-9-17/h1-5,8-9,11-12,18,27H,6-7,10,13-16H2,(H,23,24,25). The molecule has 1 unspecified atom stereocenters. The minimum atomic E-state index is 0.108. The molecule has 5 nitrogen and oxygen atoms in total. The van der Waals surface area contributed by atoms with Crippen LogP contribution in [0.4, 0.5) is 11.8 Å². The van der Waals surface area contributed by atoms with E-state index in [-0.39, 0.29) is 12.6 Å². The van der Waals surface area contributed by atoms with Crippen molar-refractivity contribution in [2.45, 2.75) is 31.7 Å². The lowest BCUT2D eigenvalue weighted by Crippen LogP contribution is -2.43. The molecule has 1 atom stereocenters. The highest BCUT2D eigenvalue weighted by molar-refractivity contribution is 5.90. The largest absolute Gasteiger partial charge is 0.394 e. The summed E-state index contributed by atoms with van der Waals surface area (Å²) in [6.45, 7) is 1.86. The molecule has 0 spiro atoms. The van der Waals surface area contributed by atoms with Crippen molar-refractivity contribution in [3.63, 3.8) is 0 Å². The first-order valence-corrected chi connectivity index (χ1v) is 9.77. The molecule has 0 amide bonds. The van der Waals surface area contributed by atoms with Gasteiger partial charge >= 0.3 is 0 Å². The quantitative estimate of drug-likeness (QED) is 0.701. The maximum atomic E-state index is 9.76. The Labute approximate surface area is 160 Å². The van der Waals surface area contributed by atoms with Crippen LogP contribution in [0.25, 0.3) is 10.9 Å². The number of para-hydroxylation sites is 1. The summed E-state index contributed by atoms with van der Waals surface area (Å²) >= 11 is 0. The number of anilines is 2. The minimum absolute atomic E-state index is 0.108. The highest BCUT2D eigenvalue weighted by atomic mass is 16.3. The molecule has 2 heterocycles. The summed E-state index contributed by atoms with van der Waals surface area (Å²) in [5.74, 6) is 1.59. The van der Waals surface area contributed by atoms with Crippen molar-refractivity contribution < 1.29 is 5.11 Å². The maximum Gasteiger partial charge on any atom is 0.228 e. The van der Waals surface area contributed by atoms with E-state index in [4.69, 9.17) is 9.97 Å². The predicted molar refractivity (Wildman–Crippen MR) is 110 cm³/mol. The third-order valence-electron chi connectivity index (χ3n) is 5.24. The van der Waals surface area contributed by atoms with Crippen LogP contribution in [0.1, 0.15) is 24.8 Å². The maximum absolute atomic E-state index is 9.76. The molecule has 1 aromatic heterocycles. The average molecular weight is 362 g/mol. The fourth-order valence-electron chi connectivity index (χ4n) is 3.75. The molecule has 1 fully saturated rings. The summed E-state index contributed by atoms with van der Waals surface area (Å²) in [6.07, 6.45) is 4.20. The van der Waals surface area contributed by atoms with Gasteiger partial charge in [0.05, 0.1) is 18.2 Å². The Morgan fingerprint density at radius 2 is 1.81 bits per heavy atom. The average Bonchev–Trinajstić information content (AvgIpc) is 2.74. The van der Waals surface area contributed by atoms with Gasteiger partial charge in [-0.15, -0.1) is 0 Å². The lowest BCUT2D eigenvalue weighted by Gasteiger charge is -2.34. The Hall–Kier alpha value is -2.66. The van der Waals surface area contributed by atoms with Crippen molar-refractivity contribution in [3.8, 4) is 0 Å². The molecule has 27 heavy (non-hydrogen) atoms. The number of aliphatic hydroxyl groups excluding tert-OH is 1. The monoisotopic (exact) mass is 362 g/mol. The molecule has 1 aliphatic heterocycles. The van der Waals surface area contributed by atoms with Gasteiger partial charge in [-0.25, -0.2) is 4.98 Å². The zero-order chi connectivity index (χ0) is 18.5. The number of hydrogen-bond acceptors (Lipinski definition) is 5. The fourth-order valence-corrected chi connectivity index (χ4v) is 3.75. The molecule has 5 heteroatoms. The first-order chi connectivity index (χ1) is 13.3. The first kappa shape index (κ1) is 17.7. The van der Waals surface area contributed by atoms with Crippen molar-refractivity contribution in [3.05, 3.63) is 60.2 Å². The molecular weight excluding hydrogens is 336 g/mol. The molecule has 0 saturated carbocycles. The third kappa shape index (κ3) is 4.03. The van der Waals surface area contributed by atoms with Crippen LogP contribution in [-0.4, -0.2) is 40.8 Å². The fraction of sp³-hybridized carbons (Fsp3) is 0.364. The zero-order valence-corrected chi connectivity index (χ0v) is 15.5. The van der Waals surface area contributed by atoms with Crippen LogP contribution in [0.3, 0.4) is 0 Å². The normalized spacial score (nSPS) is 17.2. The minimum Gasteiger partial charge on any atom is -0.394 e. The number of rotatable bonds is 6. The Bertz CT molecular complexity index is 884. The van der Waals surface area contributed by atoms with Crippen LogP contribution in [0.5, 0.6) is 0 Å². The van der Waals surface area contributed by atoms with E-state index in [0.29, 0.717) is 0 Å². The molecule has 3 aromatic rings. The number of piperidine rings is 1. The van der Waals surface area contributed by atoms with E-state index >= 15 is 0 Å². The molecule has 0 bridgehead atoms. The van der Waals surface area contributed by atoms with Crippen molar-refractivity contribution in [1.82, 2.24) is 9.97 Å². The van der Waals surface area contributed by atoms with E-state index in [9.17, 15) is 5.11 Å². The number of aromatic nitrogens is 2. The van der Waals surface area contributed by atoms with Gasteiger partial charge in [0.25, 0.3) is 0 Å². The second-order valence-electron chi connectivity index (χ2n) is 7.08. The molecule has 0 radical (unpaired) electrons. The number of nitrogens with zero attached hydrogens (tertiary/aromatic N) is 3. The second kappa shape index (κ2) is 8.35. The van der Waals surface area contributed by atoms with E-state index in [0.717, 1.165) is 61.4 Å². The first-order valence-electron chi connectivity index (χ1n) is 9.77. The van der Waals surface area contributed by atoms with Crippen LogP contribution in [-0.2, 0) is 6.42 Å². The van der Waals surface area contributed by atoms with Gasteiger partial charge < -0.3 is 15.3 Å². The molecule has 4 rings (SSSR count). The van der Waals surface area contributed by atoms with Crippen molar-refractivity contribution in [2.75, 3.05) is 29.9 Å². The molecule has 2 aromatic carbocycles. The summed E-state index contributed by atoms with van der Waals surface area (Å²) in [7, 11) is 0. The van der Waals surface area contributed by atoms with Gasteiger partial charge in [-0.3, -0.25) is 0 Å². The summed E-state index contributed by atoms with van der Waals surface area (Å²) in [4.78, 5) is 11.8. The van der Waals surface area contributed by atoms with E-state index in [2.05, 4.69) is 40.5 Å². The number of benzene rings is 2. The lowest BCUT2D eigenvalue weighted by atomic mass is 10.0. The van der Waals surface area contributed by atoms with Gasteiger partial charge in [0, 0.05) is 18.5 Å². The van der Waals surface area contributed by atoms with Crippen molar-refractivity contribution in [2.24, 2.45) is 0 Å². The van der Waals surface area contributed by atoms with Gasteiger partial charge in [0.2, 0.25) is 5.95 Å². The van der Waals surface area contributed by atoms with Gasteiger partial charge in [0.15, 0.2) is 0 Å². The van der Waals surface area contributed by atoms with Gasteiger partial charge in [0.1, 0.15) is 5.82 Å². The summed E-state index contributed by atoms with van der Waals surface area (Å²) < 4.78 is 0.